The van der Waals surface area contributed by atoms with Crippen LogP contribution in [-0.2, 0) is 6.42 Å². The van der Waals surface area contributed by atoms with Gasteiger partial charge < -0.3 is 20.4 Å². The predicted molar refractivity (Wildman–Crippen MR) is 78.6 cm³/mol. The van der Waals surface area contributed by atoms with Crippen molar-refractivity contribution < 1.29 is 20.4 Å². The van der Waals surface area contributed by atoms with Gasteiger partial charge in [0.15, 0.2) is 0 Å². The van der Waals surface area contributed by atoms with Crippen LogP contribution in [0.1, 0.15) is 37.7 Å². The maximum Gasteiger partial charge on any atom is 0.115 e. The molecule has 1 fully saturated rings. The topological polar surface area (TPSA) is 80.9 Å². The molecular weight excluding hydrogens is 256 g/mol. The molecule has 0 amide bonds. The lowest BCUT2D eigenvalue weighted by atomic mass is 9.86. The van der Waals surface area contributed by atoms with Crippen LogP contribution < -0.4 is 0 Å². The number of aromatic hydroxyl groups is 1. The Bertz CT molecular complexity index is 342. The van der Waals surface area contributed by atoms with Crippen molar-refractivity contribution in [2.45, 2.75) is 44.6 Å². The highest BCUT2D eigenvalue weighted by atomic mass is 16.3. The molecule has 1 aliphatic carbocycles. The summed E-state index contributed by atoms with van der Waals surface area (Å²) in [7, 11) is 0. The Balaban J connectivity index is 0.000000200. The van der Waals surface area contributed by atoms with Crippen molar-refractivity contribution in [1.82, 2.24) is 0 Å². The van der Waals surface area contributed by atoms with Gasteiger partial charge in [-0.3, -0.25) is 0 Å². The Hall–Kier alpha value is -1.10. The van der Waals surface area contributed by atoms with Crippen LogP contribution in [-0.4, -0.2) is 39.7 Å². The molecule has 0 atom stereocenters. The Morgan fingerprint density at radius 1 is 0.900 bits per heavy atom. The minimum Gasteiger partial charge on any atom is -0.508 e. The predicted octanol–water partition coefficient (Wildman–Crippen LogP) is 1.85. The Morgan fingerprint density at radius 2 is 1.50 bits per heavy atom. The summed E-state index contributed by atoms with van der Waals surface area (Å²) in [6, 6.07) is 6.83. The van der Waals surface area contributed by atoms with E-state index in [1.54, 1.807) is 24.3 Å². The zero-order chi connectivity index (χ0) is 14.8. The second-order valence-corrected chi connectivity index (χ2v) is 5.33. The number of rotatable bonds is 4. The molecule has 0 saturated heterocycles. The van der Waals surface area contributed by atoms with E-state index in [0.717, 1.165) is 37.7 Å². The smallest absolute Gasteiger partial charge is 0.115 e. The van der Waals surface area contributed by atoms with Crippen LogP contribution in [0.25, 0.3) is 0 Å². The van der Waals surface area contributed by atoms with Crippen LogP contribution in [0.5, 0.6) is 5.75 Å². The molecule has 1 saturated carbocycles. The highest BCUT2D eigenvalue weighted by molar-refractivity contribution is 5.25. The van der Waals surface area contributed by atoms with Crippen LogP contribution in [0.15, 0.2) is 24.3 Å². The standard InChI is InChI=1S/C8H16O2.C8H10O2/c2*9-6-5-7-1-3-8(10)4-2-7/h7-10H,1-6H2;1-4,9-10H,5-6H2. The maximum atomic E-state index is 9.13. The van der Waals surface area contributed by atoms with E-state index in [1.807, 2.05) is 0 Å². The number of aliphatic hydroxyl groups excluding tert-OH is 3. The molecule has 0 unspecified atom stereocenters. The summed E-state index contributed by atoms with van der Waals surface area (Å²) in [4.78, 5) is 0. The minimum atomic E-state index is -0.0602. The average molecular weight is 282 g/mol. The third-order valence-electron chi connectivity index (χ3n) is 3.69. The summed E-state index contributed by atoms with van der Waals surface area (Å²) < 4.78 is 0. The van der Waals surface area contributed by atoms with Crippen LogP contribution in [0.3, 0.4) is 0 Å². The highest BCUT2D eigenvalue weighted by Crippen LogP contribution is 2.26. The first-order chi connectivity index (χ1) is 9.65. The lowest BCUT2D eigenvalue weighted by molar-refractivity contribution is 0.0998. The van der Waals surface area contributed by atoms with E-state index in [0.29, 0.717) is 18.9 Å². The summed E-state index contributed by atoms with van der Waals surface area (Å²) in [5, 5.41) is 35.1. The molecule has 0 aromatic heterocycles. The van der Waals surface area contributed by atoms with Gasteiger partial charge in [0.05, 0.1) is 6.10 Å². The zero-order valence-electron chi connectivity index (χ0n) is 11.9. The number of hydrogen-bond acceptors (Lipinski definition) is 4. The van der Waals surface area contributed by atoms with E-state index < -0.39 is 0 Å². The quantitative estimate of drug-likeness (QED) is 0.679. The van der Waals surface area contributed by atoms with Gasteiger partial charge in [-0.15, -0.1) is 0 Å². The first-order valence-electron chi connectivity index (χ1n) is 7.33. The van der Waals surface area contributed by atoms with Crippen molar-refractivity contribution >= 4 is 0 Å². The number of benzene rings is 1. The summed E-state index contributed by atoms with van der Waals surface area (Å²) >= 11 is 0. The number of phenols is 1. The van der Waals surface area contributed by atoms with Gasteiger partial charge in [-0.05, 0) is 62.1 Å². The number of aliphatic hydroxyl groups is 3. The Morgan fingerprint density at radius 3 is 2.00 bits per heavy atom. The summed E-state index contributed by atoms with van der Waals surface area (Å²) in [6.45, 7) is 0.464. The molecule has 0 spiro atoms. The van der Waals surface area contributed by atoms with Gasteiger partial charge >= 0.3 is 0 Å². The fourth-order valence-corrected chi connectivity index (χ4v) is 2.41. The van der Waals surface area contributed by atoms with Gasteiger partial charge in [-0.2, -0.15) is 0 Å². The second-order valence-electron chi connectivity index (χ2n) is 5.33. The SMILES string of the molecule is OCCC1CCC(O)CC1.OCCc1ccc(O)cc1. The van der Waals surface area contributed by atoms with Crippen molar-refractivity contribution in [2.75, 3.05) is 13.2 Å². The molecule has 0 aliphatic heterocycles. The molecule has 20 heavy (non-hydrogen) atoms. The normalized spacial score (nSPS) is 21.9. The van der Waals surface area contributed by atoms with Gasteiger partial charge in [0, 0.05) is 13.2 Å². The average Bonchev–Trinajstić information content (AvgIpc) is 2.45. The molecule has 4 nitrogen and oxygen atoms in total. The van der Waals surface area contributed by atoms with Crippen molar-refractivity contribution in [3.63, 3.8) is 0 Å². The summed E-state index contributed by atoms with van der Waals surface area (Å²) in [5.74, 6) is 0.940. The molecule has 0 bridgehead atoms. The molecular formula is C16H26O4. The summed E-state index contributed by atoms with van der Waals surface area (Å²) in [6.07, 6.45) is 5.58. The van der Waals surface area contributed by atoms with Crippen molar-refractivity contribution in [1.29, 1.82) is 0 Å². The first kappa shape index (κ1) is 17.0. The minimum absolute atomic E-state index is 0.0602. The Labute approximate surface area is 120 Å². The molecule has 0 radical (unpaired) electrons. The fourth-order valence-electron chi connectivity index (χ4n) is 2.41. The van der Waals surface area contributed by atoms with Gasteiger partial charge in [-0.1, -0.05) is 12.1 Å². The van der Waals surface area contributed by atoms with Gasteiger partial charge in [-0.25, -0.2) is 0 Å². The molecule has 4 heteroatoms. The highest BCUT2D eigenvalue weighted by Gasteiger charge is 2.18. The number of phenolic OH excluding ortho intramolecular Hbond substituents is 1. The van der Waals surface area contributed by atoms with E-state index in [2.05, 4.69) is 0 Å². The van der Waals surface area contributed by atoms with E-state index in [1.165, 1.54) is 0 Å². The molecule has 2 rings (SSSR count). The monoisotopic (exact) mass is 282 g/mol. The molecule has 114 valence electrons. The van der Waals surface area contributed by atoms with E-state index in [-0.39, 0.29) is 18.5 Å². The largest absolute Gasteiger partial charge is 0.508 e. The van der Waals surface area contributed by atoms with Crippen LogP contribution >= 0.6 is 0 Å². The van der Waals surface area contributed by atoms with Gasteiger partial charge in [0.25, 0.3) is 0 Å². The fraction of sp³-hybridized carbons (Fsp3) is 0.625. The van der Waals surface area contributed by atoms with Crippen LogP contribution in [0, 0.1) is 5.92 Å². The molecule has 1 aromatic rings. The third kappa shape index (κ3) is 6.89. The molecule has 4 N–H and O–H groups in total. The molecule has 1 aromatic carbocycles. The third-order valence-corrected chi connectivity index (χ3v) is 3.69. The lowest BCUT2D eigenvalue weighted by Crippen LogP contribution is -2.18. The van der Waals surface area contributed by atoms with E-state index in [9.17, 15) is 0 Å². The van der Waals surface area contributed by atoms with Crippen molar-refractivity contribution in [3.8, 4) is 5.75 Å². The zero-order valence-corrected chi connectivity index (χ0v) is 11.9. The maximum absolute atomic E-state index is 9.13. The van der Waals surface area contributed by atoms with E-state index >= 15 is 0 Å². The second kappa shape index (κ2) is 9.75. The number of hydrogen-bond donors (Lipinski definition) is 4. The van der Waals surface area contributed by atoms with Gasteiger partial charge in [0.2, 0.25) is 0 Å². The van der Waals surface area contributed by atoms with Crippen molar-refractivity contribution in [2.24, 2.45) is 5.92 Å². The van der Waals surface area contributed by atoms with Crippen LogP contribution in [0.4, 0.5) is 0 Å². The van der Waals surface area contributed by atoms with Gasteiger partial charge in [0.1, 0.15) is 5.75 Å². The Kier molecular flexibility index (Phi) is 8.26. The van der Waals surface area contributed by atoms with E-state index in [4.69, 9.17) is 20.4 Å². The van der Waals surface area contributed by atoms with Crippen molar-refractivity contribution in [3.05, 3.63) is 29.8 Å². The lowest BCUT2D eigenvalue weighted by Gasteiger charge is -2.24. The summed E-state index contributed by atoms with van der Waals surface area (Å²) in [5.41, 5.74) is 1.04. The first-order valence-corrected chi connectivity index (χ1v) is 7.33. The molecule has 0 heterocycles. The van der Waals surface area contributed by atoms with Crippen LogP contribution in [0.2, 0.25) is 0 Å². The molecule has 1 aliphatic rings.